The lowest BCUT2D eigenvalue weighted by Crippen LogP contribution is -2.38. The first-order valence-electron chi connectivity index (χ1n) is 7.32. The van der Waals surface area contributed by atoms with Crippen LogP contribution in [-0.4, -0.2) is 43.5 Å². The summed E-state index contributed by atoms with van der Waals surface area (Å²) in [5.41, 5.74) is 2.04. The van der Waals surface area contributed by atoms with Crippen molar-refractivity contribution in [2.75, 3.05) is 26.7 Å². The minimum absolute atomic E-state index is 0.0408. The number of carbonyl (C=O) groups excluding carboxylic acids is 2. The fourth-order valence-electron chi connectivity index (χ4n) is 1.98. The molecule has 22 heavy (non-hydrogen) atoms. The lowest BCUT2D eigenvalue weighted by Gasteiger charge is -2.22. The topological polar surface area (TPSA) is 58.6 Å². The zero-order valence-corrected chi connectivity index (χ0v) is 13.3. The highest BCUT2D eigenvalue weighted by atomic mass is 16.5. The number of nitrogens with zero attached hydrogens (tertiary/aromatic N) is 1. The van der Waals surface area contributed by atoms with E-state index >= 15 is 0 Å². The lowest BCUT2D eigenvalue weighted by atomic mass is 10.2. The first-order valence-corrected chi connectivity index (χ1v) is 7.32. The molecule has 0 aliphatic rings. The SMILES string of the molecule is C=C(CNCc1ccccc1)CN(CC(=O)OC)C(=O)CC. The van der Waals surface area contributed by atoms with Crippen LogP contribution in [-0.2, 0) is 20.9 Å². The molecule has 0 unspecified atom stereocenters. The summed E-state index contributed by atoms with van der Waals surface area (Å²) in [7, 11) is 1.31. The molecular weight excluding hydrogens is 280 g/mol. The van der Waals surface area contributed by atoms with Crippen LogP contribution in [0.4, 0.5) is 0 Å². The Labute approximate surface area is 132 Å². The standard InChI is InChI=1S/C17H24N2O3/c1-4-16(20)19(13-17(21)22-3)12-14(2)10-18-11-15-8-6-5-7-9-15/h5-9,18H,2,4,10-13H2,1,3H3. The maximum Gasteiger partial charge on any atom is 0.325 e. The third-order valence-electron chi connectivity index (χ3n) is 3.16. The van der Waals surface area contributed by atoms with Crippen LogP contribution in [0.3, 0.4) is 0 Å². The van der Waals surface area contributed by atoms with Crippen molar-refractivity contribution in [3.8, 4) is 0 Å². The molecule has 0 spiro atoms. The summed E-state index contributed by atoms with van der Waals surface area (Å²) in [6.07, 6.45) is 0.349. The Morgan fingerprint density at radius 1 is 1.23 bits per heavy atom. The molecule has 0 saturated heterocycles. The Bertz CT molecular complexity index is 500. The van der Waals surface area contributed by atoms with Crippen molar-refractivity contribution in [1.29, 1.82) is 0 Å². The van der Waals surface area contributed by atoms with Gasteiger partial charge in [0.2, 0.25) is 5.91 Å². The van der Waals surface area contributed by atoms with Gasteiger partial charge in [-0.2, -0.15) is 0 Å². The van der Waals surface area contributed by atoms with Gasteiger partial charge in [0.15, 0.2) is 0 Å². The van der Waals surface area contributed by atoms with Gasteiger partial charge in [0, 0.05) is 26.1 Å². The first kappa shape index (κ1) is 17.9. The molecule has 1 aromatic carbocycles. The van der Waals surface area contributed by atoms with Gasteiger partial charge in [0.25, 0.3) is 0 Å². The van der Waals surface area contributed by atoms with Crippen LogP contribution in [0.25, 0.3) is 0 Å². The molecule has 5 heteroatoms. The van der Waals surface area contributed by atoms with Crippen LogP contribution in [0.1, 0.15) is 18.9 Å². The quantitative estimate of drug-likeness (QED) is 0.558. The fraction of sp³-hybridized carbons (Fsp3) is 0.412. The number of rotatable bonds is 9. The van der Waals surface area contributed by atoms with Crippen LogP contribution in [0.5, 0.6) is 0 Å². The summed E-state index contributed by atoms with van der Waals surface area (Å²) in [6, 6.07) is 10.0. The fourth-order valence-corrected chi connectivity index (χ4v) is 1.98. The Balaban J connectivity index is 2.42. The highest BCUT2D eigenvalue weighted by Gasteiger charge is 2.16. The monoisotopic (exact) mass is 304 g/mol. The molecule has 0 aliphatic carbocycles. The number of hydrogen-bond donors (Lipinski definition) is 1. The zero-order chi connectivity index (χ0) is 16.4. The predicted molar refractivity (Wildman–Crippen MR) is 86.2 cm³/mol. The number of nitrogens with one attached hydrogen (secondary N) is 1. The Morgan fingerprint density at radius 2 is 1.91 bits per heavy atom. The summed E-state index contributed by atoms with van der Waals surface area (Å²) in [5.74, 6) is -0.513. The smallest absolute Gasteiger partial charge is 0.325 e. The summed E-state index contributed by atoms with van der Waals surface area (Å²) in [5, 5.41) is 3.28. The molecule has 0 saturated carbocycles. The van der Waals surface area contributed by atoms with Crippen LogP contribution in [0.2, 0.25) is 0 Å². The second-order valence-corrected chi connectivity index (χ2v) is 5.02. The van der Waals surface area contributed by atoms with Crippen molar-refractivity contribution in [2.24, 2.45) is 0 Å². The van der Waals surface area contributed by atoms with Gasteiger partial charge in [-0.25, -0.2) is 0 Å². The van der Waals surface area contributed by atoms with E-state index in [4.69, 9.17) is 0 Å². The van der Waals surface area contributed by atoms with Crippen molar-refractivity contribution in [3.05, 3.63) is 48.0 Å². The van der Waals surface area contributed by atoms with Crippen LogP contribution in [0.15, 0.2) is 42.5 Å². The molecule has 1 N–H and O–H groups in total. The predicted octanol–water partition coefficient (Wildman–Crippen LogP) is 1.74. The number of carbonyl (C=O) groups is 2. The third-order valence-corrected chi connectivity index (χ3v) is 3.16. The van der Waals surface area contributed by atoms with Gasteiger partial charge >= 0.3 is 5.97 Å². The van der Waals surface area contributed by atoms with E-state index in [0.717, 1.165) is 12.1 Å². The van der Waals surface area contributed by atoms with Crippen molar-refractivity contribution in [3.63, 3.8) is 0 Å². The van der Waals surface area contributed by atoms with E-state index in [1.165, 1.54) is 17.6 Å². The third kappa shape index (κ3) is 6.54. The molecule has 120 valence electrons. The van der Waals surface area contributed by atoms with Crippen molar-refractivity contribution < 1.29 is 14.3 Å². The molecule has 0 bridgehead atoms. The second-order valence-electron chi connectivity index (χ2n) is 5.02. The van der Waals surface area contributed by atoms with Crippen molar-refractivity contribution in [1.82, 2.24) is 10.2 Å². The van der Waals surface area contributed by atoms with Crippen molar-refractivity contribution >= 4 is 11.9 Å². The number of benzene rings is 1. The van der Waals surface area contributed by atoms with Gasteiger partial charge in [-0.15, -0.1) is 0 Å². The van der Waals surface area contributed by atoms with E-state index < -0.39 is 5.97 Å². The summed E-state index contributed by atoms with van der Waals surface area (Å²) < 4.78 is 4.62. The highest BCUT2D eigenvalue weighted by Crippen LogP contribution is 2.02. The maximum absolute atomic E-state index is 11.9. The van der Waals surface area contributed by atoms with E-state index in [-0.39, 0.29) is 12.5 Å². The molecule has 5 nitrogen and oxygen atoms in total. The van der Waals surface area contributed by atoms with Gasteiger partial charge in [-0.05, 0) is 11.1 Å². The number of amides is 1. The average Bonchev–Trinajstić information content (AvgIpc) is 2.54. The molecule has 0 aliphatic heterocycles. The zero-order valence-electron chi connectivity index (χ0n) is 13.3. The normalized spacial score (nSPS) is 10.1. The molecule has 0 atom stereocenters. The van der Waals surface area contributed by atoms with Crippen LogP contribution < -0.4 is 5.32 Å². The van der Waals surface area contributed by atoms with E-state index in [1.807, 2.05) is 30.3 Å². The molecule has 1 aromatic rings. The molecule has 0 aromatic heterocycles. The number of esters is 1. The molecule has 0 heterocycles. The average molecular weight is 304 g/mol. The Kier molecular flexibility index (Phi) is 7.92. The summed E-state index contributed by atoms with van der Waals surface area (Å²) in [4.78, 5) is 24.7. The number of hydrogen-bond acceptors (Lipinski definition) is 4. The second kappa shape index (κ2) is 9.73. The van der Waals surface area contributed by atoms with Gasteiger partial charge < -0.3 is 15.0 Å². The van der Waals surface area contributed by atoms with Crippen LogP contribution in [0, 0.1) is 0 Å². The molecule has 1 amide bonds. The minimum Gasteiger partial charge on any atom is -0.468 e. The molecule has 0 fully saturated rings. The van der Waals surface area contributed by atoms with Gasteiger partial charge in [0.05, 0.1) is 7.11 Å². The van der Waals surface area contributed by atoms with Gasteiger partial charge in [-0.3, -0.25) is 9.59 Å². The summed E-state index contributed by atoms with van der Waals surface area (Å²) >= 11 is 0. The molecule has 1 rings (SSSR count). The van der Waals surface area contributed by atoms with Crippen molar-refractivity contribution in [2.45, 2.75) is 19.9 Å². The van der Waals surface area contributed by atoms with Gasteiger partial charge in [-0.1, -0.05) is 43.8 Å². The summed E-state index contributed by atoms with van der Waals surface area (Å²) in [6.45, 7) is 7.37. The highest BCUT2D eigenvalue weighted by molar-refractivity contribution is 5.82. The van der Waals surface area contributed by atoms with E-state index in [9.17, 15) is 9.59 Å². The number of ether oxygens (including phenoxy) is 1. The minimum atomic E-state index is -0.424. The van der Waals surface area contributed by atoms with Crippen LogP contribution >= 0.6 is 0 Å². The maximum atomic E-state index is 11.9. The molecule has 0 radical (unpaired) electrons. The van der Waals surface area contributed by atoms with E-state index in [1.54, 1.807) is 6.92 Å². The van der Waals surface area contributed by atoms with E-state index in [0.29, 0.717) is 19.5 Å². The Hall–Kier alpha value is -2.14. The lowest BCUT2D eigenvalue weighted by molar-refractivity contribution is -0.146. The largest absolute Gasteiger partial charge is 0.468 e. The van der Waals surface area contributed by atoms with E-state index in [2.05, 4.69) is 16.6 Å². The van der Waals surface area contributed by atoms with Gasteiger partial charge in [0.1, 0.15) is 6.54 Å². The molecular formula is C17H24N2O3. The Morgan fingerprint density at radius 3 is 2.50 bits per heavy atom. The number of methoxy groups -OCH3 is 1. The first-order chi connectivity index (χ1) is 10.6.